The van der Waals surface area contributed by atoms with Gasteiger partial charge in [-0.1, -0.05) is 11.6 Å². The van der Waals surface area contributed by atoms with Crippen molar-refractivity contribution in [1.29, 1.82) is 0 Å². The highest BCUT2D eigenvalue weighted by Crippen LogP contribution is 2.23. The molecule has 1 aromatic rings. The summed E-state index contributed by atoms with van der Waals surface area (Å²) in [6, 6.07) is 0. The van der Waals surface area contributed by atoms with Crippen LogP contribution in [0.25, 0.3) is 0 Å². The molecule has 0 spiro atoms. The Morgan fingerprint density at radius 1 is 1.42 bits per heavy atom. The van der Waals surface area contributed by atoms with Crippen molar-refractivity contribution in [2.45, 2.75) is 13.3 Å². The third-order valence-corrected chi connectivity index (χ3v) is 3.21. The molecule has 100 valence electrons. The van der Waals surface area contributed by atoms with Crippen LogP contribution in [0.1, 0.15) is 13.3 Å². The third-order valence-electron chi connectivity index (χ3n) is 2.93. The fraction of sp³-hybridized carbons (Fsp3) is 0.417. The van der Waals surface area contributed by atoms with Gasteiger partial charge >= 0.3 is 0 Å². The normalized spacial score (nSPS) is 18.5. The van der Waals surface area contributed by atoms with E-state index < -0.39 is 0 Å². The van der Waals surface area contributed by atoms with Crippen molar-refractivity contribution in [2.75, 3.05) is 30.3 Å². The van der Waals surface area contributed by atoms with Crippen molar-refractivity contribution in [3.63, 3.8) is 0 Å². The fourth-order valence-electron chi connectivity index (χ4n) is 1.92. The molecular weight excluding hydrogens is 266 g/mol. The van der Waals surface area contributed by atoms with Gasteiger partial charge in [0.05, 0.1) is 19.3 Å². The third kappa shape index (κ3) is 2.49. The molecule has 19 heavy (non-hydrogen) atoms. The van der Waals surface area contributed by atoms with E-state index in [9.17, 15) is 0 Å². The molecule has 0 saturated heterocycles. The number of hydrogen-bond acceptors (Lipinski definition) is 6. The van der Waals surface area contributed by atoms with Crippen LogP contribution in [0, 0.1) is 0 Å². The zero-order chi connectivity index (χ0) is 13.2. The van der Waals surface area contributed by atoms with E-state index in [1.807, 2.05) is 6.92 Å². The molecule has 0 aliphatic carbocycles. The van der Waals surface area contributed by atoms with Crippen LogP contribution in [0.15, 0.2) is 22.5 Å². The number of aromatic nitrogens is 2. The number of fused-ring (bicyclic) bond motifs is 3. The van der Waals surface area contributed by atoms with Gasteiger partial charge in [-0.25, -0.2) is 9.98 Å². The lowest BCUT2D eigenvalue weighted by Crippen LogP contribution is -2.15. The summed E-state index contributed by atoms with van der Waals surface area (Å²) in [5, 5.41) is 6.84. The number of rotatable bonds is 0. The first-order valence-electron chi connectivity index (χ1n) is 6.15. The van der Waals surface area contributed by atoms with Crippen LogP contribution in [0.5, 0.6) is 0 Å². The van der Waals surface area contributed by atoms with Gasteiger partial charge in [-0.05, 0) is 18.9 Å². The Morgan fingerprint density at radius 2 is 2.32 bits per heavy atom. The van der Waals surface area contributed by atoms with Crippen LogP contribution >= 0.6 is 11.6 Å². The molecule has 2 aliphatic rings. The lowest BCUT2D eigenvalue weighted by Gasteiger charge is -2.10. The summed E-state index contributed by atoms with van der Waals surface area (Å²) in [6.07, 6.45) is 2.43. The number of nitrogens with one attached hydrogen (secondary N) is 2. The van der Waals surface area contributed by atoms with Gasteiger partial charge in [-0.3, -0.25) is 0 Å². The van der Waals surface area contributed by atoms with Crippen molar-refractivity contribution in [3.05, 3.63) is 22.5 Å². The van der Waals surface area contributed by atoms with Crippen molar-refractivity contribution in [1.82, 2.24) is 9.97 Å². The molecule has 0 unspecified atom stereocenters. The molecule has 3 heterocycles. The van der Waals surface area contributed by atoms with Gasteiger partial charge in [0.2, 0.25) is 11.8 Å². The van der Waals surface area contributed by atoms with Gasteiger partial charge in [0.25, 0.3) is 0 Å². The molecule has 1 aromatic heterocycles. The highest BCUT2D eigenvalue weighted by atomic mass is 35.5. The highest BCUT2D eigenvalue weighted by molar-refractivity contribution is 6.32. The number of hydrogen-bond donors (Lipinski definition) is 2. The number of nitrogens with zero attached hydrogens (tertiary/aromatic N) is 3. The van der Waals surface area contributed by atoms with Crippen molar-refractivity contribution < 1.29 is 4.74 Å². The topological polar surface area (TPSA) is 71.4 Å². The number of halogens is 1. The Bertz CT molecular complexity index is 569. The summed E-state index contributed by atoms with van der Waals surface area (Å²) in [5.74, 6) is 1.76. The maximum atomic E-state index is 6.05. The molecule has 7 heteroatoms. The van der Waals surface area contributed by atoms with Gasteiger partial charge < -0.3 is 15.4 Å². The summed E-state index contributed by atoms with van der Waals surface area (Å²) in [4.78, 5) is 12.9. The molecule has 0 amide bonds. The van der Waals surface area contributed by atoms with Crippen molar-refractivity contribution in [3.8, 4) is 0 Å². The summed E-state index contributed by atoms with van der Waals surface area (Å²) in [5.41, 5.74) is 1.97. The summed E-state index contributed by atoms with van der Waals surface area (Å²) in [6.45, 7) is 4.00. The number of ether oxygens (including phenoxy) is 1. The minimum Gasteiger partial charge on any atom is -0.476 e. The quantitative estimate of drug-likeness (QED) is 0.761. The fourth-order valence-corrected chi connectivity index (χ4v) is 2.08. The SMILES string of the molecule is CC1=C2Nc3ncc(Cl)c(n3)NCCCOC2=NC1. The molecule has 0 fully saturated rings. The molecular formula is C12H14ClN5O. The second-order valence-electron chi connectivity index (χ2n) is 4.42. The number of aliphatic imine (C=N–C) groups is 1. The first kappa shape index (κ1) is 12.2. The molecule has 2 aliphatic heterocycles. The van der Waals surface area contributed by atoms with Crippen LogP contribution in [0.2, 0.25) is 5.02 Å². The zero-order valence-corrected chi connectivity index (χ0v) is 11.3. The molecule has 6 nitrogen and oxygen atoms in total. The predicted molar refractivity (Wildman–Crippen MR) is 74.7 cm³/mol. The van der Waals surface area contributed by atoms with Gasteiger partial charge in [0.15, 0.2) is 5.82 Å². The van der Waals surface area contributed by atoms with E-state index in [-0.39, 0.29) is 0 Å². The molecule has 2 N–H and O–H groups in total. The Morgan fingerprint density at radius 3 is 3.21 bits per heavy atom. The average Bonchev–Trinajstić information content (AvgIpc) is 2.72. The van der Waals surface area contributed by atoms with E-state index in [4.69, 9.17) is 16.3 Å². The largest absolute Gasteiger partial charge is 0.476 e. The van der Waals surface area contributed by atoms with Crippen molar-refractivity contribution >= 4 is 29.3 Å². The summed E-state index contributed by atoms with van der Waals surface area (Å²) >= 11 is 6.05. The van der Waals surface area contributed by atoms with Crippen LogP contribution in [-0.2, 0) is 4.74 Å². The first-order valence-corrected chi connectivity index (χ1v) is 6.52. The van der Waals surface area contributed by atoms with E-state index >= 15 is 0 Å². The molecule has 3 rings (SSSR count). The molecule has 0 atom stereocenters. The van der Waals surface area contributed by atoms with E-state index in [1.54, 1.807) is 6.20 Å². The van der Waals surface area contributed by atoms with Gasteiger partial charge in [-0.2, -0.15) is 4.98 Å². The van der Waals surface area contributed by atoms with Crippen molar-refractivity contribution in [2.24, 2.45) is 4.99 Å². The van der Waals surface area contributed by atoms with Crippen LogP contribution < -0.4 is 10.6 Å². The Kier molecular flexibility index (Phi) is 3.25. The van der Waals surface area contributed by atoms with E-state index in [0.29, 0.717) is 35.8 Å². The number of anilines is 2. The second kappa shape index (κ2) is 5.05. The minimum atomic E-state index is 0.487. The maximum Gasteiger partial charge on any atom is 0.233 e. The second-order valence-corrected chi connectivity index (χ2v) is 4.83. The van der Waals surface area contributed by atoms with Crippen LogP contribution in [0.3, 0.4) is 0 Å². The Balaban J connectivity index is 1.97. The van der Waals surface area contributed by atoms with E-state index in [2.05, 4.69) is 25.6 Å². The van der Waals surface area contributed by atoms with Gasteiger partial charge in [-0.15, -0.1) is 0 Å². The van der Waals surface area contributed by atoms with Gasteiger partial charge in [0, 0.05) is 6.54 Å². The van der Waals surface area contributed by atoms with E-state index in [1.165, 1.54) is 0 Å². The summed E-state index contributed by atoms with van der Waals surface area (Å²) < 4.78 is 5.68. The molecule has 0 saturated carbocycles. The van der Waals surface area contributed by atoms with E-state index in [0.717, 1.165) is 24.2 Å². The summed E-state index contributed by atoms with van der Waals surface area (Å²) in [7, 11) is 0. The molecule has 0 aromatic carbocycles. The monoisotopic (exact) mass is 279 g/mol. The lowest BCUT2D eigenvalue weighted by atomic mass is 10.2. The Hall–Kier alpha value is -1.82. The highest BCUT2D eigenvalue weighted by Gasteiger charge is 2.20. The van der Waals surface area contributed by atoms with Crippen LogP contribution in [0.4, 0.5) is 11.8 Å². The minimum absolute atomic E-state index is 0.487. The lowest BCUT2D eigenvalue weighted by molar-refractivity contribution is 0.303. The molecule has 0 radical (unpaired) electrons. The molecule has 2 bridgehead atoms. The van der Waals surface area contributed by atoms with Gasteiger partial charge in [0.1, 0.15) is 10.7 Å². The maximum absolute atomic E-state index is 6.05. The smallest absolute Gasteiger partial charge is 0.233 e. The first-order chi connectivity index (χ1) is 9.24. The predicted octanol–water partition coefficient (Wildman–Crippen LogP) is 2.06. The average molecular weight is 280 g/mol. The zero-order valence-electron chi connectivity index (χ0n) is 10.5. The standard InChI is InChI=1S/C12H14ClN5O/c1-7-5-15-11-9(7)17-12-16-6-8(13)10(18-12)14-3-2-4-19-11/h6H,2-5H2,1H3,(H2,14,16,17,18). The van der Waals surface area contributed by atoms with Crippen LogP contribution in [-0.4, -0.2) is 35.6 Å². The Labute approximate surface area is 116 Å².